The molecule has 1 aromatic heterocycles. The van der Waals surface area contributed by atoms with Crippen molar-refractivity contribution in [1.29, 1.82) is 0 Å². The van der Waals surface area contributed by atoms with Crippen LogP contribution in [0.2, 0.25) is 5.02 Å². The molecule has 0 fully saturated rings. The van der Waals surface area contributed by atoms with E-state index >= 15 is 0 Å². The van der Waals surface area contributed by atoms with Gasteiger partial charge in [0.1, 0.15) is 5.69 Å². The predicted octanol–water partition coefficient (Wildman–Crippen LogP) is 3.27. The summed E-state index contributed by atoms with van der Waals surface area (Å²) >= 11 is 5.78. The molecule has 2 N–H and O–H groups in total. The molecule has 1 heterocycles. The van der Waals surface area contributed by atoms with Crippen molar-refractivity contribution < 1.29 is 14.8 Å². The predicted molar refractivity (Wildman–Crippen MR) is 96.6 cm³/mol. The number of nitrogens with one attached hydrogen (secondary N) is 1. The van der Waals surface area contributed by atoms with Gasteiger partial charge in [-0.3, -0.25) is 14.9 Å². The molecule has 0 aliphatic rings. The number of nitro benzene ring substituents is 1. The number of carbonyl (C=O) groups excluding carboxylic acids is 1. The topological polar surface area (TPSA) is 118 Å². The Kier molecular flexibility index (Phi) is 4.76. The molecule has 8 nitrogen and oxygen atoms in total. The fraction of sp³-hybridized carbons (Fsp3) is 0. The van der Waals surface area contributed by atoms with Crippen molar-refractivity contribution in [3.63, 3.8) is 0 Å². The number of fused-ring (bicyclic) bond motifs is 1. The van der Waals surface area contributed by atoms with Crippen LogP contribution in [0.1, 0.15) is 16.1 Å². The van der Waals surface area contributed by atoms with Crippen LogP contribution in [0.25, 0.3) is 10.9 Å². The number of nitrogens with zero attached hydrogens (tertiary/aromatic N) is 3. The van der Waals surface area contributed by atoms with E-state index in [-0.39, 0.29) is 16.3 Å². The number of hydrazone groups is 1. The lowest BCUT2D eigenvalue weighted by Crippen LogP contribution is -2.19. The number of hydrogen-bond acceptors (Lipinski definition) is 6. The number of hydrogen-bond donors (Lipinski definition) is 2. The number of pyridine rings is 1. The molecule has 0 aliphatic carbocycles. The first kappa shape index (κ1) is 17.3. The highest BCUT2D eigenvalue weighted by Gasteiger charge is 2.17. The van der Waals surface area contributed by atoms with Gasteiger partial charge in [0, 0.05) is 22.0 Å². The molecule has 0 atom stereocenters. The zero-order valence-electron chi connectivity index (χ0n) is 13.1. The maximum atomic E-state index is 12.1. The molecule has 0 bridgehead atoms. The van der Waals surface area contributed by atoms with Gasteiger partial charge in [0.05, 0.1) is 16.7 Å². The highest BCUT2D eigenvalue weighted by Crippen LogP contribution is 2.32. The second kappa shape index (κ2) is 7.16. The van der Waals surface area contributed by atoms with Crippen LogP contribution in [0, 0.1) is 10.1 Å². The zero-order valence-corrected chi connectivity index (χ0v) is 13.8. The van der Waals surface area contributed by atoms with Crippen LogP contribution in [0.3, 0.4) is 0 Å². The zero-order chi connectivity index (χ0) is 18.7. The van der Waals surface area contributed by atoms with E-state index < -0.39 is 22.3 Å². The van der Waals surface area contributed by atoms with Gasteiger partial charge in [-0.25, -0.2) is 10.4 Å². The minimum atomic E-state index is -0.768. The molecule has 0 radical (unpaired) electrons. The minimum absolute atomic E-state index is 0.00373. The minimum Gasteiger partial charge on any atom is -0.502 e. The van der Waals surface area contributed by atoms with E-state index in [1.165, 1.54) is 6.07 Å². The van der Waals surface area contributed by atoms with E-state index in [9.17, 15) is 20.0 Å². The normalized spacial score (nSPS) is 11.0. The van der Waals surface area contributed by atoms with Crippen LogP contribution in [-0.4, -0.2) is 27.1 Å². The van der Waals surface area contributed by atoms with Crippen LogP contribution in [0.4, 0.5) is 5.69 Å². The van der Waals surface area contributed by atoms with Gasteiger partial charge in [0.15, 0.2) is 0 Å². The third-order valence-electron chi connectivity index (χ3n) is 3.48. The molecule has 0 spiro atoms. The van der Waals surface area contributed by atoms with Crippen molar-refractivity contribution in [3.8, 4) is 5.75 Å². The summed E-state index contributed by atoms with van der Waals surface area (Å²) in [7, 11) is 0. The summed E-state index contributed by atoms with van der Waals surface area (Å²) in [6.45, 7) is 0. The molecule has 26 heavy (non-hydrogen) atoms. The molecule has 0 saturated heterocycles. The number of carbonyl (C=O) groups is 1. The number of phenolic OH excluding ortho intramolecular Hbond substituents is 1. The Hall–Kier alpha value is -3.52. The molecular weight excluding hydrogens is 360 g/mol. The van der Waals surface area contributed by atoms with E-state index in [1.807, 2.05) is 18.2 Å². The summed E-state index contributed by atoms with van der Waals surface area (Å²) in [6, 6.07) is 12.9. The SMILES string of the molecule is O=C(NN=Cc1cc(Cl)cc([N+](=O)[O-])c1O)c1ccc2ccccc2n1. The molecule has 3 rings (SSSR count). The van der Waals surface area contributed by atoms with Crippen molar-refractivity contribution in [2.45, 2.75) is 0 Å². The van der Waals surface area contributed by atoms with Gasteiger partial charge < -0.3 is 5.11 Å². The van der Waals surface area contributed by atoms with Crippen molar-refractivity contribution in [1.82, 2.24) is 10.4 Å². The van der Waals surface area contributed by atoms with Crippen LogP contribution < -0.4 is 5.43 Å². The Morgan fingerprint density at radius 1 is 1.27 bits per heavy atom. The molecule has 0 aliphatic heterocycles. The fourth-order valence-electron chi connectivity index (χ4n) is 2.25. The number of rotatable bonds is 4. The monoisotopic (exact) mass is 370 g/mol. The number of nitro groups is 1. The first-order valence-electron chi connectivity index (χ1n) is 7.32. The van der Waals surface area contributed by atoms with Gasteiger partial charge in [-0.05, 0) is 18.2 Å². The Bertz CT molecular complexity index is 1050. The standard InChI is InChI=1S/C17H11ClN4O4/c18-12-7-11(16(23)15(8-12)22(25)26)9-19-21-17(24)14-6-5-10-3-1-2-4-13(10)20-14/h1-9,23H,(H,21,24). The van der Waals surface area contributed by atoms with Crippen LogP contribution >= 0.6 is 11.6 Å². The molecule has 130 valence electrons. The first-order chi connectivity index (χ1) is 12.5. The first-order valence-corrected chi connectivity index (χ1v) is 7.69. The van der Waals surface area contributed by atoms with Gasteiger partial charge in [0.2, 0.25) is 5.75 Å². The fourth-order valence-corrected chi connectivity index (χ4v) is 2.47. The Labute approximate surface area is 151 Å². The van der Waals surface area contributed by atoms with Gasteiger partial charge in [-0.1, -0.05) is 35.9 Å². The van der Waals surface area contributed by atoms with E-state index in [4.69, 9.17) is 11.6 Å². The van der Waals surface area contributed by atoms with Crippen LogP contribution in [0.5, 0.6) is 5.75 Å². The lowest BCUT2D eigenvalue weighted by molar-refractivity contribution is -0.385. The smallest absolute Gasteiger partial charge is 0.312 e. The Morgan fingerprint density at radius 2 is 2.04 bits per heavy atom. The molecule has 0 unspecified atom stereocenters. The maximum absolute atomic E-state index is 12.1. The second-order valence-electron chi connectivity index (χ2n) is 5.21. The van der Waals surface area contributed by atoms with E-state index in [1.54, 1.807) is 18.2 Å². The second-order valence-corrected chi connectivity index (χ2v) is 5.64. The van der Waals surface area contributed by atoms with Crippen molar-refractivity contribution in [2.24, 2.45) is 5.10 Å². The van der Waals surface area contributed by atoms with E-state index in [2.05, 4.69) is 15.5 Å². The number of aromatic hydroxyl groups is 1. The summed E-state index contributed by atoms with van der Waals surface area (Å²) in [5.74, 6) is -1.16. The summed E-state index contributed by atoms with van der Waals surface area (Å²) < 4.78 is 0. The molecule has 0 saturated carbocycles. The average Bonchev–Trinajstić information content (AvgIpc) is 2.63. The highest BCUT2D eigenvalue weighted by molar-refractivity contribution is 6.31. The number of benzene rings is 2. The summed E-state index contributed by atoms with van der Waals surface area (Å²) in [4.78, 5) is 26.4. The lowest BCUT2D eigenvalue weighted by Gasteiger charge is -2.03. The lowest BCUT2D eigenvalue weighted by atomic mass is 10.2. The summed E-state index contributed by atoms with van der Waals surface area (Å²) in [6.07, 6.45) is 1.06. The third kappa shape index (κ3) is 3.60. The van der Waals surface area contributed by atoms with Gasteiger partial charge in [0.25, 0.3) is 5.91 Å². The number of phenols is 1. The van der Waals surface area contributed by atoms with Gasteiger partial charge in [-0.2, -0.15) is 5.10 Å². The third-order valence-corrected chi connectivity index (χ3v) is 3.70. The van der Waals surface area contributed by atoms with Crippen LogP contribution in [-0.2, 0) is 0 Å². The summed E-state index contributed by atoms with van der Waals surface area (Å²) in [5, 5.41) is 25.4. The number of halogens is 1. The molecule has 2 aromatic carbocycles. The largest absolute Gasteiger partial charge is 0.502 e. The molecule has 1 amide bonds. The molecular formula is C17H11ClN4O4. The highest BCUT2D eigenvalue weighted by atomic mass is 35.5. The van der Waals surface area contributed by atoms with Crippen molar-refractivity contribution >= 4 is 40.3 Å². The van der Waals surface area contributed by atoms with E-state index in [0.29, 0.717) is 5.52 Å². The number of para-hydroxylation sites is 1. The quantitative estimate of drug-likeness (QED) is 0.415. The Morgan fingerprint density at radius 3 is 2.81 bits per heavy atom. The molecule has 9 heteroatoms. The van der Waals surface area contributed by atoms with Gasteiger partial charge in [-0.15, -0.1) is 0 Å². The maximum Gasteiger partial charge on any atom is 0.312 e. The Balaban J connectivity index is 1.79. The summed E-state index contributed by atoms with van der Waals surface area (Å²) in [5.41, 5.74) is 2.51. The van der Waals surface area contributed by atoms with E-state index in [0.717, 1.165) is 17.7 Å². The van der Waals surface area contributed by atoms with Gasteiger partial charge >= 0.3 is 5.69 Å². The molecule has 3 aromatic rings. The number of amides is 1. The number of aromatic nitrogens is 1. The van der Waals surface area contributed by atoms with Crippen molar-refractivity contribution in [2.75, 3.05) is 0 Å². The van der Waals surface area contributed by atoms with Crippen molar-refractivity contribution in [3.05, 3.63) is 74.9 Å². The average molecular weight is 371 g/mol. The van der Waals surface area contributed by atoms with Crippen LogP contribution in [0.15, 0.2) is 53.6 Å².